The van der Waals surface area contributed by atoms with E-state index in [4.69, 9.17) is 22.4 Å². The van der Waals surface area contributed by atoms with Gasteiger partial charge < -0.3 is 15.4 Å². The lowest BCUT2D eigenvalue weighted by molar-refractivity contribution is 0.179. The molecular weight excluding hydrogens is 140 g/mol. The average molecular weight is 151 g/mol. The Labute approximate surface area is 60.4 Å². The standard InChI is InChI=1S/C4H11BClNO2/c6-3-1-2-4(7)9-5-8/h4-5,8H,1-3,7H2. The molecule has 5 heteroatoms. The van der Waals surface area contributed by atoms with Gasteiger partial charge in [0.2, 0.25) is 0 Å². The molecule has 1 unspecified atom stereocenters. The molecule has 9 heavy (non-hydrogen) atoms. The number of nitrogens with two attached hydrogens (primary N) is 1. The van der Waals surface area contributed by atoms with Gasteiger partial charge >= 0.3 is 7.69 Å². The van der Waals surface area contributed by atoms with Crippen molar-refractivity contribution in [2.45, 2.75) is 19.1 Å². The van der Waals surface area contributed by atoms with Crippen LogP contribution in [0.5, 0.6) is 0 Å². The van der Waals surface area contributed by atoms with E-state index in [1.165, 1.54) is 0 Å². The predicted molar refractivity (Wildman–Crippen MR) is 38.4 cm³/mol. The molecule has 54 valence electrons. The van der Waals surface area contributed by atoms with Gasteiger partial charge in [-0.3, -0.25) is 0 Å². The van der Waals surface area contributed by atoms with Crippen molar-refractivity contribution in [2.24, 2.45) is 5.73 Å². The number of halogens is 1. The molecule has 0 saturated carbocycles. The zero-order valence-corrected chi connectivity index (χ0v) is 5.97. The molecule has 0 bridgehead atoms. The zero-order chi connectivity index (χ0) is 7.11. The summed E-state index contributed by atoms with van der Waals surface area (Å²) in [5.41, 5.74) is 5.33. The monoisotopic (exact) mass is 151 g/mol. The second-order valence-corrected chi connectivity index (χ2v) is 2.04. The summed E-state index contributed by atoms with van der Waals surface area (Å²) in [7, 11) is -0.316. The van der Waals surface area contributed by atoms with Gasteiger partial charge in [-0.05, 0) is 12.8 Å². The van der Waals surface area contributed by atoms with Crippen LogP contribution in [0.25, 0.3) is 0 Å². The van der Waals surface area contributed by atoms with Crippen molar-refractivity contribution in [1.29, 1.82) is 0 Å². The van der Waals surface area contributed by atoms with E-state index in [9.17, 15) is 0 Å². The number of rotatable bonds is 5. The molecule has 0 radical (unpaired) electrons. The maximum atomic E-state index is 8.20. The molecule has 0 amide bonds. The molecular formula is C4H11BClNO2. The molecule has 0 fully saturated rings. The lowest BCUT2D eigenvalue weighted by Crippen LogP contribution is -2.25. The molecule has 0 aliphatic rings. The van der Waals surface area contributed by atoms with Gasteiger partial charge in [-0.25, -0.2) is 0 Å². The summed E-state index contributed by atoms with van der Waals surface area (Å²) in [5, 5.41) is 8.20. The van der Waals surface area contributed by atoms with Crippen LogP contribution < -0.4 is 5.73 Å². The van der Waals surface area contributed by atoms with Gasteiger partial charge in [0, 0.05) is 5.88 Å². The SMILES string of the molecule is NC(CCCCl)OBO. The largest absolute Gasteiger partial charge is 0.436 e. The van der Waals surface area contributed by atoms with Crippen LogP contribution in [0.4, 0.5) is 0 Å². The molecule has 0 rings (SSSR count). The first-order valence-electron chi connectivity index (χ1n) is 2.85. The van der Waals surface area contributed by atoms with E-state index in [1.807, 2.05) is 0 Å². The molecule has 3 N–H and O–H groups in total. The minimum atomic E-state index is -0.367. The van der Waals surface area contributed by atoms with Gasteiger partial charge in [-0.1, -0.05) is 0 Å². The van der Waals surface area contributed by atoms with Gasteiger partial charge in [-0.15, -0.1) is 11.6 Å². The van der Waals surface area contributed by atoms with Crippen molar-refractivity contribution >= 4 is 19.3 Å². The second-order valence-electron chi connectivity index (χ2n) is 1.67. The molecule has 0 heterocycles. The first-order valence-corrected chi connectivity index (χ1v) is 3.38. The summed E-state index contributed by atoms with van der Waals surface area (Å²) in [6.07, 6.45) is 1.15. The van der Waals surface area contributed by atoms with E-state index >= 15 is 0 Å². The van der Waals surface area contributed by atoms with Crippen molar-refractivity contribution in [3.05, 3.63) is 0 Å². The minimum absolute atomic E-state index is 0.316. The maximum Gasteiger partial charge on any atom is 0.436 e. The lowest BCUT2D eigenvalue weighted by atomic mass is 10.3. The van der Waals surface area contributed by atoms with Gasteiger partial charge in [0.05, 0.1) is 6.23 Å². The molecule has 0 spiro atoms. The molecule has 0 aromatic rings. The third kappa shape index (κ3) is 6.12. The van der Waals surface area contributed by atoms with Gasteiger partial charge in [0.25, 0.3) is 0 Å². The highest BCUT2D eigenvalue weighted by molar-refractivity contribution is 6.17. The Balaban J connectivity index is 2.95. The van der Waals surface area contributed by atoms with Crippen molar-refractivity contribution in [3.8, 4) is 0 Å². The fourth-order valence-electron chi connectivity index (χ4n) is 0.457. The molecule has 1 atom stereocenters. The Morgan fingerprint density at radius 3 is 2.89 bits per heavy atom. The summed E-state index contributed by atoms with van der Waals surface area (Å²) in [6.45, 7) is 0. The molecule has 0 saturated heterocycles. The highest BCUT2D eigenvalue weighted by Crippen LogP contribution is 1.95. The van der Waals surface area contributed by atoms with E-state index in [0.29, 0.717) is 12.3 Å². The van der Waals surface area contributed by atoms with E-state index in [2.05, 4.69) is 4.65 Å². The third-order valence-electron chi connectivity index (χ3n) is 0.911. The number of alkyl halides is 1. The Hall–Kier alpha value is 0.235. The fraction of sp³-hybridized carbons (Fsp3) is 1.00. The third-order valence-corrected chi connectivity index (χ3v) is 1.18. The number of hydrogen-bond donors (Lipinski definition) is 2. The molecule has 0 aliphatic heterocycles. The van der Waals surface area contributed by atoms with Crippen LogP contribution >= 0.6 is 11.6 Å². The first-order chi connectivity index (χ1) is 4.31. The Morgan fingerprint density at radius 2 is 2.44 bits per heavy atom. The Bertz CT molecular complexity index is 66.5. The maximum absolute atomic E-state index is 8.20. The molecule has 3 nitrogen and oxygen atoms in total. The fourth-order valence-corrected chi connectivity index (χ4v) is 0.612. The highest BCUT2D eigenvalue weighted by atomic mass is 35.5. The molecule has 0 aromatic heterocycles. The van der Waals surface area contributed by atoms with Crippen molar-refractivity contribution in [1.82, 2.24) is 0 Å². The first kappa shape index (κ1) is 9.23. The highest BCUT2D eigenvalue weighted by Gasteiger charge is 1.99. The van der Waals surface area contributed by atoms with E-state index in [-0.39, 0.29) is 13.9 Å². The topological polar surface area (TPSA) is 55.5 Å². The zero-order valence-electron chi connectivity index (χ0n) is 5.22. The number of hydrogen-bond acceptors (Lipinski definition) is 3. The van der Waals surface area contributed by atoms with Crippen molar-refractivity contribution < 1.29 is 9.68 Å². The van der Waals surface area contributed by atoms with Crippen molar-refractivity contribution in [2.75, 3.05) is 5.88 Å². The van der Waals surface area contributed by atoms with Crippen LogP contribution in [0.1, 0.15) is 12.8 Å². The summed E-state index contributed by atoms with van der Waals surface area (Å²) in [6, 6.07) is 0. The van der Waals surface area contributed by atoms with Gasteiger partial charge in [0.1, 0.15) is 0 Å². The lowest BCUT2D eigenvalue weighted by Gasteiger charge is -2.08. The van der Waals surface area contributed by atoms with Crippen molar-refractivity contribution in [3.63, 3.8) is 0 Å². The Kier molecular flexibility index (Phi) is 6.52. The summed E-state index contributed by atoms with van der Waals surface area (Å²) < 4.78 is 4.62. The smallest absolute Gasteiger partial charge is 0.430 e. The van der Waals surface area contributed by atoms with Gasteiger partial charge in [-0.2, -0.15) is 0 Å². The molecule has 0 aliphatic carbocycles. The van der Waals surface area contributed by atoms with Crippen LogP contribution in [-0.2, 0) is 4.65 Å². The van der Waals surface area contributed by atoms with E-state index < -0.39 is 0 Å². The van der Waals surface area contributed by atoms with Crippen LogP contribution in [0.15, 0.2) is 0 Å². The summed E-state index contributed by atoms with van der Waals surface area (Å²) >= 11 is 5.37. The van der Waals surface area contributed by atoms with E-state index in [1.54, 1.807) is 0 Å². The predicted octanol–water partition coefficient (Wildman–Crippen LogP) is -0.434. The molecule has 0 aromatic carbocycles. The summed E-state index contributed by atoms with van der Waals surface area (Å²) in [4.78, 5) is 0. The van der Waals surface area contributed by atoms with Crippen LogP contribution in [0, 0.1) is 0 Å². The van der Waals surface area contributed by atoms with Crippen LogP contribution in [0.3, 0.4) is 0 Å². The van der Waals surface area contributed by atoms with Crippen LogP contribution in [0.2, 0.25) is 0 Å². The van der Waals surface area contributed by atoms with Gasteiger partial charge in [0.15, 0.2) is 0 Å². The normalized spacial score (nSPS) is 13.2. The minimum Gasteiger partial charge on any atom is -0.430 e. The Morgan fingerprint density at radius 1 is 1.78 bits per heavy atom. The average Bonchev–Trinajstić information content (AvgIpc) is 1.85. The van der Waals surface area contributed by atoms with Crippen LogP contribution in [-0.4, -0.2) is 24.8 Å². The second kappa shape index (κ2) is 6.36. The summed E-state index contributed by atoms with van der Waals surface area (Å²) in [5.74, 6) is 0.586. The quantitative estimate of drug-likeness (QED) is 0.318. The van der Waals surface area contributed by atoms with E-state index in [0.717, 1.165) is 6.42 Å².